The van der Waals surface area contributed by atoms with Gasteiger partial charge in [0.1, 0.15) is 0 Å². The van der Waals surface area contributed by atoms with Gasteiger partial charge in [0.2, 0.25) is 0 Å². The Labute approximate surface area is 78.8 Å². The Bertz CT molecular complexity index is 252. The monoisotopic (exact) mass is 202 g/mol. The smallest absolute Gasteiger partial charge is 0.488 e. The summed E-state index contributed by atoms with van der Waals surface area (Å²) in [6.07, 6.45) is 0. The number of nitrogens with two attached hydrogens (primary N) is 1. The number of hydrogen-bond donors (Lipinski definition) is 3. The molecular weight excluding hydrogens is 193 g/mol. The number of hydrogen-bond acceptors (Lipinski definition) is 4. The van der Waals surface area contributed by atoms with Crippen LogP contribution in [0.2, 0.25) is 0 Å². The van der Waals surface area contributed by atoms with E-state index in [2.05, 4.69) is 5.14 Å². The Morgan fingerprint density at radius 2 is 1.69 bits per heavy atom. The molecule has 1 aromatic carbocycles. The maximum Gasteiger partial charge on any atom is 0.488 e. The van der Waals surface area contributed by atoms with Gasteiger partial charge >= 0.3 is 7.12 Å². The third-order valence-electron chi connectivity index (χ3n) is 1.10. The van der Waals surface area contributed by atoms with Gasteiger partial charge in [-0.3, -0.25) is 9.35 Å². The first-order chi connectivity index (χ1) is 6.04. The van der Waals surface area contributed by atoms with Crippen LogP contribution in [0.25, 0.3) is 0 Å². The van der Waals surface area contributed by atoms with Gasteiger partial charge in [-0.15, -0.1) is 0 Å². The van der Waals surface area contributed by atoms with Crippen molar-refractivity contribution in [3.8, 4) is 0 Å². The Morgan fingerprint density at radius 1 is 1.31 bits per heavy atom. The molecule has 13 heavy (non-hydrogen) atoms. The minimum atomic E-state index is -2.36. The van der Waals surface area contributed by atoms with Gasteiger partial charge in [0.05, 0.1) is 0 Å². The third kappa shape index (κ3) is 7.63. The van der Waals surface area contributed by atoms with E-state index in [9.17, 15) is 0 Å². The van der Waals surface area contributed by atoms with Crippen LogP contribution in [-0.2, 0) is 11.3 Å². The quantitative estimate of drug-likeness (QED) is 0.365. The van der Waals surface area contributed by atoms with Gasteiger partial charge < -0.3 is 14.6 Å². The summed E-state index contributed by atoms with van der Waals surface area (Å²) in [6.45, 7) is 0. The number of rotatable bonds is 1. The topological polar surface area (TPSA) is 107 Å². The fourth-order valence-corrected chi connectivity index (χ4v) is 0.625. The van der Waals surface area contributed by atoms with Crippen LogP contribution in [0.3, 0.4) is 0 Å². The standard InChI is InChI=1S/C6H7BO2.H3NO2S/c8-7(9)6-4-2-1-3-5-6;1-4(2)3/h1-5,8-9H;1H2,(H,2,3)/p-1. The van der Waals surface area contributed by atoms with E-state index in [1.54, 1.807) is 24.3 Å². The fraction of sp³-hybridized carbons (Fsp3) is 0. The summed E-state index contributed by atoms with van der Waals surface area (Å²) >= 11 is -2.36. The van der Waals surface area contributed by atoms with Crippen molar-refractivity contribution in [2.45, 2.75) is 0 Å². The van der Waals surface area contributed by atoms with Crippen molar-refractivity contribution >= 4 is 23.8 Å². The summed E-state index contributed by atoms with van der Waals surface area (Å²) in [7, 11) is -1.34. The molecule has 0 aromatic heterocycles. The van der Waals surface area contributed by atoms with E-state index in [1.807, 2.05) is 6.07 Å². The van der Waals surface area contributed by atoms with Crippen molar-refractivity contribution in [1.29, 1.82) is 0 Å². The second kappa shape index (κ2) is 6.75. The van der Waals surface area contributed by atoms with Crippen LogP contribution in [-0.4, -0.2) is 25.9 Å². The minimum Gasteiger partial charge on any atom is -0.760 e. The SMILES string of the molecule is NS(=O)[O-].OB(O)c1ccccc1. The highest BCUT2D eigenvalue weighted by Crippen LogP contribution is 1.82. The zero-order valence-corrected chi connectivity index (χ0v) is 7.48. The molecule has 0 radical (unpaired) electrons. The zero-order chi connectivity index (χ0) is 10.3. The van der Waals surface area contributed by atoms with Crippen molar-refractivity contribution in [2.24, 2.45) is 5.14 Å². The van der Waals surface area contributed by atoms with E-state index in [0.29, 0.717) is 5.46 Å². The van der Waals surface area contributed by atoms with Gasteiger partial charge in [-0.25, -0.2) is 0 Å². The summed E-state index contributed by atoms with van der Waals surface area (Å²) in [5.41, 5.74) is 0.525. The molecule has 5 nitrogen and oxygen atoms in total. The molecule has 1 rings (SSSR count). The Morgan fingerprint density at radius 3 is 1.92 bits per heavy atom. The van der Waals surface area contributed by atoms with Crippen LogP contribution in [0.1, 0.15) is 0 Å². The summed E-state index contributed by atoms with van der Waals surface area (Å²) in [5.74, 6) is 0. The normalized spacial score (nSPS) is 11.1. The molecule has 0 spiro atoms. The molecule has 0 aliphatic heterocycles. The second-order valence-corrected chi connectivity index (χ2v) is 2.57. The molecule has 0 fully saturated rings. The van der Waals surface area contributed by atoms with E-state index in [-0.39, 0.29) is 0 Å². The lowest BCUT2D eigenvalue weighted by molar-refractivity contribution is 0.426. The van der Waals surface area contributed by atoms with Crippen molar-refractivity contribution in [1.82, 2.24) is 0 Å². The molecule has 1 aromatic rings. The minimum absolute atomic E-state index is 0.525. The molecule has 0 aliphatic carbocycles. The molecule has 0 aliphatic rings. The molecule has 0 saturated heterocycles. The summed E-state index contributed by atoms with van der Waals surface area (Å²) in [4.78, 5) is 0. The van der Waals surface area contributed by atoms with E-state index in [0.717, 1.165) is 0 Å². The lowest BCUT2D eigenvalue weighted by Gasteiger charge is -1.94. The Kier molecular flexibility index (Phi) is 6.38. The number of benzene rings is 1. The third-order valence-corrected chi connectivity index (χ3v) is 1.10. The van der Waals surface area contributed by atoms with Gasteiger partial charge in [0.15, 0.2) is 0 Å². The largest absolute Gasteiger partial charge is 0.760 e. The van der Waals surface area contributed by atoms with Crippen LogP contribution < -0.4 is 10.6 Å². The lowest BCUT2D eigenvalue weighted by Crippen LogP contribution is -2.29. The maximum absolute atomic E-state index is 8.78. The van der Waals surface area contributed by atoms with E-state index in [4.69, 9.17) is 18.8 Å². The van der Waals surface area contributed by atoms with Crippen molar-refractivity contribution in [2.75, 3.05) is 0 Å². The summed E-state index contributed by atoms with van der Waals surface area (Å²) in [5, 5.41) is 21.2. The van der Waals surface area contributed by atoms with Gasteiger partial charge in [0.25, 0.3) is 0 Å². The van der Waals surface area contributed by atoms with Crippen molar-refractivity contribution < 1.29 is 18.8 Å². The first-order valence-corrected chi connectivity index (χ1v) is 4.42. The predicted octanol–water partition coefficient (Wildman–Crippen LogP) is -1.89. The van der Waals surface area contributed by atoms with Crippen molar-refractivity contribution in [3.05, 3.63) is 30.3 Å². The van der Waals surface area contributed by atoms with Gasteiger partial charge in [-0.1, -0.05) is 30.3 Å². The van der Waals surface area contributed by atoms with Crippen LogP contribution >= 0.6 is 0 Å². The van der Waals surface area contributed by atoms with Gasteiger partial charge in [-0.05, 0) is 5.46 Å². The molecule has 1 unspecified atom stereocenters. The average molecular weight is 202 g/mol. The van der Waals surface area contributed by atoms with Gasteiger partial charge in [-0.2, -0.15) is 0 Å². The lowest BCUT2D eigenvalue weighted by atomic mass is 9.81. The average Bonchev–Trinajstić information content (AvgIpc) is 2.05. The molecule has 0 saturated carbocycles. The van der Waals surface area contributed by atoms with Gasteiger partial charge in [0, 0.05) is 11.3 Å². The van der Waals surface area contributed by atoms with Crippen LogP contribution in [0.5, 0.6) is 0 Å². The highest BCUT2D eigenvalue weighted by atomic mass is 32.2. The Balaban J connectivity index is 0.000000310. The molecule has 0 bridgehead atoms. The molecule has 0 heterocycles. The molecule has 4 N–H and O–H groups in total. The summed E-state index contributed by atoms with van der Waals surface area (Å²) in [6, 6.07) is 8.66. The van der Waals surface area contributed by atoms with E-state index >= 15 is 0 Å². The highest BCUT2D eigenvalue weighted by molar-refractivity contribution is 7.76. The first kappa shape index (κ1) is 12.3. The van der Waals surface area contributed by atoms with Crippen LogP contribution in [0.15, 0.2) is 30.3 Å². The van der Waals surface area contributed by atoms with E-state index < -0.39 is 18.4 Å². The Hall–Kier alpha value is -0.725. The molecular formula is C6H9BNO4S-. The fourth-order valence-electron chi connectivity index (χ4n) is 0.625. The molecule has 7 heteroatoms. The van der Waals surface area contributed by atoms with E-state index in [1.165, 1.54) is 0 Å². The summed E-state index contributed by atoms with van der Waals surface area (Å²) < 4.78 is 17.6. The molecule has 72 valence electrons. The second-order valence-electron chi connectivity index (χ2n) is 2.04. The van der Waals surface area contributed by atoms with Crippen molar-refractivity contribution in [3.63, 3.8) is 0 Å². The first-order valence-electron chi connectivity index (χ1n) is 3.28. The predicted molar refractivity (Wildman–Crippen MR) is 49.4 cm³/mol. The van der Waals surface area contributed by atoms with Crippen LogP contribution in [0.4, 0.5) is 0 Å². The van der Waals surface area contributed by atoms with Crippen LogP contribution in [0, 0.1) is 0 Å². The highest BCUT2D eigenvalue weighted by Gasteiger charge is 2.07. The maximum atomic E-state index is 8.78. The molecule has 0 amide bonds. The zero-order valence-electron chi connectivity index (χ0n) is 6.66. The molecule has 1 atom stereocenters.